The first-order valence-corrected chi connectivity index (χ1v) is 4.04. The van der Waals surface area contributed by atoms with Crippen LogP contribution in [-0.4, -0.2) is 21.2 Å². The van der Waals surface area contributed by atoms with Crippen molar-refractivity contribution < 1.29 is 15.0 Å². The van der Waals surface area contributed by atoms with Crippen molar-refractivity contribution in [3.8, 4) is 0 Å². The molecule has 1 aliphatic rings. The van der Waals surface area contributed by atoms with Gasteiger partial charge < -0.3 is 10.2 Å². The number of hydrogen-bond donors (Lipinski definition) is 2. The average molecular weight is 179 g/mol. The number of hydrogen-bond acceptors (Lipinski definition) is 3. The van der Waals surface area contributed by atoms with Gasteiger partial charge in [-0.15, -0.1) is 0 Å². The van der Waals surface area contributed by atoms with Crippen LogP contribution in [0.5, 0.6) is 0 Å². The molecule has 0 saturated carbocycles. The van der Waals surface area contributed by atoms with Crippen LogP contribution in [0.25, 0.3) is 0 Å². The molecular weight excluding hydrogens is 170 g/mol. The normalized spacial score (nSPS) is 25.6. The smallest absolute Gasteiger partial charge is 0.340 e. The van der Waals surface area contributed by atoms with Gasteiger partial charge in [0.05, 0.1) is 0 Å². The second-order valence-electron chi connectivity index (χ2n) is 3.20. The molecular formula is C9H9NO3. The zero-order chi connectivity index (χ0) is 9.47. The maximum atomic E-state index is 10.8. The number of carbonyl (C=O) groups is 1. The molecule has 0 spiro atoms. The Morgan fingerprint density at radius 3 is 3.08 bits per heavy atom. The number of carboxylic acid groups (broad SMARTS) is 1. The lowest BCUT2D eigenvalue weighted by Crippen LogP contribution is -2.32. The summed E-state index contributed by atoms with van der Waals surface area (Å²) in [5, 5.41) is 18.6. The van der Waals surface area contributed by atoms with Crippen molar-refractivity contribution >= 4 is 5.97 Å². The van der Waals surface area contributed by atoms with Crippen molar-refractivity contribution in [2.24, 2.45) is 0 Å². The fraction of sp³-hybridized carbons (Fsp3) is 0.333. The van der Waals surface area contributed by atoms with E-state index in [-0.39, 0.29) is 6.42 Å². The monoisotopic (exact) mass is 179 g/mol. The largest absolute Gasteiger partial charge is 0.479 e. The van der Waals surface area contributed by atoms with E-state index in [9.17, 15) is 9.90 Å². The van der Waals surface area contributed by atoms with Gasteiger partial charge in [0.25, 0.3) is 0 Å². The molecule has 13 heavy (non-hydrogen) atoms. The Balaban J connectivity index is 2.55. The van der Waals surface area contributed by atoms with E-state index < -0.39 is 11.6 Å². The van der Waals surface area contributed by atoms with Gasteiger partial charge in [-0.05, 0) is 24.5 Å². The summed E-state index contributed by atoms with van der Waals surface area (Å²) in [7, 11) is 0. The minimum atomic E-state index is -1.70. The summed E-state index contributed by atoms with van der Waals surface area (Å²) in [4.78, 5) is 14.7. The zero-order valence-corrected chi connectivity index (χ0v) is 6.90. The Morgan fingerprint density at radius 2 is 2.38 bits per heavy atom. The van der Waals surface area contributed by atoms with Gasteiger partial charge in [-0.25, -0.2) is 4.79 Å². The van der Waals surface area contributed by atoms with Gasteiger partial charge in [-0.2, -0.15) is 0 Å². The first-order chi connectivity index (χ1) is 6.14. The number of pyridine rings is 1. The van der Waals surface area contributed by atoms with E-state index in [4.69, 9.17) is 5.11 Å². The first kappa shape index (κ1) is 8.19. The molecule has 1 unspecified atom stereocenters. The Kier molecular flexibility index (Phi) is 1.60. The summed E-state index contributed by atoms with van der Waals surface area (Å²) < 4.78 is 0. The highest BCUT2D eigenvalue weighted by Gasteiger charge is 2.43. The van der Waals surface area contributed by atoms with Crippen molar-refractivity contribution in [1.82, 2.24) is 4.98 Å². The van der Waals surface area contributed by atoms with Crippen LogP contribution < -0.4 is 0 Å². The van der Waals surface area contributed by atoms with E-state index in [1.54, 1.807) is 12.3 Å². The Labute approximate surface area is 74.9 Å². The van der Waals surface area contributed by atoms with E-state index in [1.807, 2.05) is 0 Å². The average Bonchev–Trinajstić information content (AvgIpc) is 2.47. The third-order valence-corrected chi connectivity index (χ3v) is 2.46. The van der Waals surface area contributed by atoms with E-state index in [1.165, 1.54) is 6.20 Å². The maximum Gasteiger partial charge on any atom is 0.340 e. The third-order valence-electron chi connectivity index (χ3n) is 2.46. The van der Waals surface area contributed by atoms with Crippen LogP contribution in [0.15, 0.2) is 18.5 Å². The third kappa shape index (κ3) is 1.02. The Morgan fingerprint density at radius 1 is 1.62 bits per heavy atom. The summed E-state index contributed by atoms with van der Waals surface area (Å²) >= 11 is 0. The lowest BCUT2D eigenvalue weighted by Gasteiger charge is -2.17. The molecule has 0 bridgehead atoms. The highest BCUT2D eigenvalue weighted by molar-refractivity contribution is 5.80. The summed E-state index contributed by atoms with van der Waals surface area (Å²) in [6.07, 6.45) is 3.92. The molecule has 68 valence electrons. The molecule has 4 nitrogen and oxygen atoms in total. The summed E-state index contributed by atoms with van der Waals surface area (Å²) in [5.74, 6) is -1.18. The number of rotatable bonds is 1. The van der Waals surface area contributed by atoms with E-state index in [0.29, 0.717) is 12.0 Å². The summed E-state index contributed by atoms with van der Waals surface area (Å²) in [6.45, 7) is 0. The number of aromatic nitrogens is 1. The van der Waals surface area contributed by atoms with Crippen LogP contribution in [0.4, 0.5) is 0 Å². The van der Waals surface area contributed by atoms with Gasteiger partial charge in [-0.1, -0.05) is 0 Å². The second kappa shape index (κ2) is 2.53. The van der Waals surface area contributed by atoms with Gasteiger partial charge >= 0.3 is 5.97 Å². The number of aliphatic carboxylic acids is 1. The molecule has 1 heterocycles. The standard InChI is InChI=1S/C9H9NO3/c11-8(12)9(13)3-1-6-5-10-4-2-7(6)9/h2,4-5,13H,1,3H2,(H,11,12). The molecule has 0 radical (unpaired) electrons. The topological polar surface area (TPSA) is 70.4 Å². The van der Waals surface area contributed by atoms with Crippen LogP contribution >= 0.6 is 0 Å². The molecule has 0 fully saturated rings. The van der Waals surface area contributed by atoms with E-state index >= 15 is 0 Å². The van der Waals surface area contributed by atoms with Crippen LogP contribution in [0, 0.1) is 0 Å². The Hall–Kier alpha value is -1.42. The van der Waals surface area contributed by atoms with Crippen molar-refractivity contribution in [3.05, 3.63) is 29.6 Å². The first-order valence-electron chi connectivity index (χ1n) is 4.04. The molecule has 2 N–H and O–H groups in total. The molecule has 0 amide bonds. The molecule has 1 atom stereocenters. The van der Waals surface area contributed by atoms with Crippen molar-refractivity contribution in [2.75, 3.05) is 0 Å². The number of aliphatic hydroxyl groups is 1. The number of aryl methyl sites for hydroxylation is 1. The zero-order valence-electron chi connectivity index (χ0n) is 6.90. The molecule has 2 rings (SSSR count). The van der Waals surface area contributed by atoms with Gasteiger partial charge in [0.1, 0.15) is 0 Å². The molecule has 1 aromatic heterocycles. The van der Waals surface area contributed by atoms with Gasteiger partial charge in [0, 0.05) is 18.0 Å². The fourth-order valence-electron chi connectivity index (χ4n) is 1.70. The molecule has 1 aromatic rings. The Bertz CT molecular complexity index is 364. The van der Waals surface area contributed by atoms with Crippen LogP contribution in [-0.2, 0) is 16.8 Å². The van der Waals surface area contributed by atoms with E-state index in [0.717, 1.165) is 5.56 Å². The van der Waals surface area contributed by atoms with Crippen LogP contribution in [0.3, 0.4) is 0 Å². The quantitative estimate of drug-likeness (QED) is 0.650. The van der Waals surface area contributed by atoms with Crippen LogP contribution in [0.2, 0.25) is 0 Å². The molecule has 0 aromatic carbocycles. The lowest BCUT2D eigenvalue weighted by molar-refractivity contribution is -0.159. The molecule has 1 aliphatic carbocycles. The van der Waals surface area contributed by atoms with Gasteiger partial charge in [0.2, 0.25) is 0 Å². The van der Waals surface area contributed by atoms with Crippen molar-refractivity contribution in [3.63, 3.8) is 0 Å². The maximum absolute atomic E-state index is 10.8. The second-order valence-corrected chi connectivity index (χ2v) is 3.20. The SMILES string of the molecule is O=C(O)C1(O)CCc2cnccc21. The number of nitrogens with zero attached hydrogens (tertiary/aromatic N) is 1. The minimum Gasteiger partial charge on any atom is -0.479 e. The predicted octanol–water partition coefficient (Wildman–Crippen LogP) is 0.300. The van der Waals surface area contributed by atoms with Gasteiger partial charge in [-0.3, -0.25) is 4.98 Å². The van der Waals surface area contributed by atoms with Gasteiger partial charge in [0.15, 0.2) is 5.60 Å². The predicted molar refractivity (Wildman–Crippen MR) is 44.1 cm³/mol. The summed E-state index contributed by atoms with van der Waals surface area (Å²) in [5.41, 5.74) is -0.388. The number of carboxylic acids is 1. The minimum absolute atomic E-state index is 0.239. The number of fused-ring (bicyclic) bond motifs is 1. The van der Waals surface area contributed by atoms with Crippen molar-refractivity contribution in [1.29, 1.82) is 0 Å². The summed E-state index contributed by atoms with van der Waals surface area (Å²) in [6, 6.07) is 1.57. The molecule has 4 heteroatoms. The van der Waals surface area contributed by atoms with E-state index in [2.05, 4.69) is 4.98 Å². The fourth-order valence-corrected chi connectivity index (χ4v) is 1.70. The highest BCUT2D eigenvalue weighted by Crippen LogP contribution is 2.36. The molecule has 0 saturated heterocycles. The van der Waals surface area contributed by atoms with Crippen LogP contribution in [0.1, 0.15) is 17.5 Å². The lowest BCUT2D eigenvalue weighted by atomic mass is 9.97. The van der Waals surface area contributed by atoms with Crippen molar-refractivity contribution in [2.45, 2.75) is 18.4 Å². The highest BCUT2D eigenvalue weighted by atomic mass is 16.4. The molecule has 0 aliphatic heterocycles.